The molecule has 1 fully saturated rings. The molecule has 3 aliphatic heterocycles. The van der Waals surface area contributed by atoms with Crippen LogP contribution in [0.5, 0.6) is 0 Å². The van der Waals surface area contributed by atoms with E-state index in [9.17, 15) is 4.79 Å². The zero-order valence-electron chi connectivity index (χ0n) is 14.1. The van der Waals surface area contributed by atoms with Gasteiger partial charge in [-0.1, -0.05) is 18.2 Å². The molecule has 4 heteroatoms. The number of aromatic nitrogens is 1. The molecule has 0 saturated carbocycles. The van der Waals surface area contributed by atoms with Crippen LogP contribution in [0.3, 0.4) is 0 Å². The number of allylic oxidation sites excluding steroid dienone is 2. The number of hydrogen-bond donors (Lipinski definition) is 1. The fraction of sp³-hybridized carbons (Fsp3) is 0.450. The van der Waals surface area contributed by atoms with Gasteiger partial charge in [-0.2, -0.15) is 0 Å². The molecule has 0 unspecified atom stereocenters. The Balaban J connectivity index is 1.66. The summed E-state index contributed by atoms with van der Waals surface area (Å²) in [6, 6.07) is 9.38. The molecule has 0 amide bonds. The first-order valence-electron chi connectivity index (χ1n) is 8.80. The third-order valence-electron chi connectivity index (χ3n) is 6.38. The van der Waals surface area contributed by atoms with Gasteiger partial charge >= 0.3 is 0 Å². The van der Waals surface area contributed by atoms with E-state index in [0.717, 1.165) is 37.1 Å². The number of nitrogens with zero attached hydrogens (tertiary/aromatic N) is 1. The highest BCUT2D eigenvalue weighted by atomic mass is 16.5. The van der Waals surface area contributed by atoms with Crippen LogP contribution in [0.1, 0.15) is 30.6 Å². The normalized spacial score (nSPS) is 31.4. The number of aryl methyl sites for hydroxylation is 1. The summed E-state index contributed by atoms with van der Waals surface area (Å²) in [6.07, 6.45) is 3.02. The first kappa shape index (κ1) is 14.3. The van der Waals surface area contributed by atoms with Crippen LogP contribution in [0.2, 0.25) is 0 Å². The van der Waals surface area contributed by atoms with Gasteiger partial charge in [0.05, 0.1) is 12.4 Å². The van der Waals surface area contributed by atoms with Crippen LogP contribution in [0.15, 0.2) is 35.6 Å². The molecule has 4 nitrogen and oxygen atoms in total. The van der Waals surface area contributed by atoms with Crippen molar-refractivity contribution >= 4 is 17.2 Å². The SMILES string of the molecule is CC1=C(C=O)[C@@H]2C[C@H]3N[C@H](Cc4c3n(C)c3ccccc43)[C@@H]2CO1. The molecule has 1 N–H and O–H groups in total. The Bertz CT molecular complexity index is 879. The predicted octanol–water partition coefficient (Wildman–Crippen LogP) is 2.87. The van der Waals surface area contributed by atoms with Crippen molar-refractivity contribution < 1.29 is 9.53 Å². The van der Waals surface area contributed by atoms with E-state index in [4.69, 9.17) is 4.74 Å². The first-order valence-corrected chi connectivity index (χ1v) is 8.80. The molecule has 4 atom stereocenters. The molecule has 124 valence electrons. The number of carbonyl (C=O) groups is 1. The van der Waals surface area contributed by atoms with E-state index >= 15 is 0 Å². The zero-order valence-corrected chi connectivity index (χ0v) is 14.1. The van der Waals surface area contributed by atoms with E-state index in [1.807, 2.05) is 6.92 Å². The van der Waals surface area contributed by atoms with Crippen LogP contribution < -0.4 is 5.32 Å². The van der Waals surface area contributed by atoms with E-state index in [-0.39, 0.29) is 0 Å². The summed E-state index contributed by atoms with van der Waals surface area (Å²) in [4.78, 5) is 11.6. The van der Waals surface area contributed by atoms with Gasteiger partial charge < -0.3 is 14.6 Å². The van der Waals surface area contributed by atoms with Crippen LogP contribution >= 0.6 is 0 Å². The Morgan fingerprint density at radius 1 is 1.33 bits per heavy atom. The minimum atomic E-state index is 0.318. The number of piperidine rings is 1. The molecule has 0 spiro atoms. The van der Waals surface area contributed by atoms with Crippen molar-refractivity contribution in [3.05, 3.63) is 46.9 Å². The first-order chi connectivity index (χ1) is 11.7. The second-order valence-corrected chi connectivity index (χ2v) is 7.42. The number of carbonyl (C=O) groups excluding carboxylic acids is 1. The van der Waals surface area contributed by atoms with E-state index in [2.05, 4.69) is 41.2 Å². The molecular weight excluding hydrogens is 300 g/mol. The lowest BCUT2D eigenvalue weighted by atomic mass is 9.68. The van der Waals surface area contributed by atoms with Crippen molar-refractivity contribution in [2.75, 3.05) is 6.61 Å². The topological polar surface area (TPSA) is 43.3 Å². The average Bonchev–Trinajstić information content (AvgIpc) is 2.88. The number of benzene rings is 1. The summed E-state index contributed by atoms with van der Waals surface area (Å²) >= 11 is 0. The lowest BCUT2D eigenvalue weighted by Crippen LogP contribution is -2.55. The maximum absolute atomic E-state index is 11.6. The molecule has 1 aromatic heterocycles. The molecule has 2 aromatic rings. The summed E-state index contributed by atoms with van der Waals surface area (Å²) in [5, 5.41) is 5.21. The largest absolute Gasteiger partial charge is 0.497 e. The second-order valence-electron chi connectivity index (χ2n) is 7.42. The van der Waals surface area contributed by atoms with Gasteiger partial charge in [0, 0.05) is 47.2 Å². The predicted molar refractivity (Wildman–Crippen MR) is 92.6 cm³/mol. The lowest BCUT2D eigenvalue weighted by Gasteiger charge is -2.48. The molecule has 2 bridgehead atoms. The zero-order chi connectivity index (χ0) is 16.4. The molecule has 0 radical (unpaired) electrons. The summed E-state index contributed by atoms with van der Waals surface area (Å²) in [6.45, 7) is 2.65. The van der Waals surface area contributed by atoms with Crippen molar-refractivity contribution in [1.82, 2.24) is 9.88 Å². The molecule has 1 aromatic carbocycles. The minimum absolute atomic E-state index is 0.318. The van der Waals surface area contributed by atoms with Gasteiger partial charge in [0.2, 0.25) is 0 Å². The molecule has 3 aliphatic rings. The van der Waals surface area contributed by atoms with E-state index in [1.165, 1.54) is 22.2 Å². The molecule has 4 heterocycles. The number of rotatable bonds is 1. The molecule has 0 aliphatic carbocycles. The highest BCUT2D eigenvalue weighted by molar-refractivity contribution is 5.86. The van der Waals surface area contributed by atoms with Gasteiger partial charge in [-0.25, -0.2) is 0 Å². The number of ether oxygens (including phenoxy) is 1. The minimum Gasteiger partial charge on any atom is -0.497 e. The van der Waals surface area contributed by atoms with Crippen LogP contribution in [0.25, 0.3) is 10.9 Å². The smallest absolute Gasteiger partial charge is 0.149 e. The number of fused-ring (bicyclic) bond motifs is 8. The molecule has 5 rings (SSSR count). The van der Waals surface area contributed by atoms with Crippen molar-refractivity contribution in [2.24, 2.45) is 18.9 Å². The monoisotopic (exact) mass is 322 g/mol. The lowest BCUT2D eigenvalue weighted by molar-refractivity contribution is -0.106. The van der Waals surface area contributed by atoms with Crippen molar-refractivity contribution in [3.8, 4) is 0 Å². The van der Waals surface area contributed by atoms with Crippen LogP contribution in [0.4, 0.5) is 0 Å². The maximum Gasteiger partial charge on any atom is 0.149 e. The van der Waals surface area contributed by atoms with Gasteiger partial charge in [-0.15, -0.1) is 0 Å². The Morgan fingerprint density at radius 2 is 2.17 bits per heavy atom. The van der Waals surface area contributed by atoms with Gasteiger partial charge in [-0.05, 0) is 37.3 Å². The fourth-order valence-corrected chi connectivity index (χ4v) is 5.26. The number of aldehydes is 1. The summed E-state index contributed by atoms with van der Waals surface area (Å²) in [7, 11) is 2.17. The summed E-state index contributed by atoms with van der Waals surface area (Å²) in [5.41, 5.74) is 5.07. The number of para-hydroxylation sites is 1. The highest BCUT2D eigenvalue weighted by Gasteiger charge is 2.46. The second kappa shape index (κ2) is 4.96. The third-order valence-corrected chi connectivity index (χ3v) is 6.38. The summed E-state index contributed by atoms with van der Waals surface area (Å²) < 4.78 is 8.17. The van der Waals surface area contributed by atoms with Crippen molar-refractivity contribution in [1.29, 1.82) is 0 Å². The van der Waals surface area contributed by atoms with Gasteiger partial charge in [0.15, 0.2) is 0 Å². The van der Waals surface area contributed by atoms with Gasteiger partial charge in [0.1, 0.15) is 6.29 Å². The van der Waals surface area contributed by atoms with Crippen LogP contribution in [-0.4, -0.2) is 23.5 Å². The van der Waals surface area contributed by atoms with E-state index in [1.54, 1.807) is 0 Å². The maximum atomic E-state index is 11.6. The average molecular weight is 322 g/mol. The Kier molecular flexibility index (Phi) is 2.95. The molecule has 1 saturated heterocycles. The standard InChI is InChI=1S/C20H22N2O2/c1-11-15(9-23)13-7-18-20-14(8-17(21-18)16(13)10-24-11)12-5-3-4-6-19(12)22(20)2/h3-6,9,13,16-18,21H,7-8,10H2,1-2H3/t13-,16+,17+,18+/m0/s1. The van der Waals surface area contributed by atoms with Gasteiger partial charge in [-0.3, -0.25) is 4.79 Å². The third kappa shape index (κ3) is 1.75. The Hall–Kier alpha value is -2.07. The van der Waals surface area contributed by atoms with E-state index < -0.39 is 0 Å². The van der Waals surface area contributed by atoms with Crippen molar-refractivity contribution in [2.45, 2.75) is 31.8 Å². The van der Waals surface area contributed by atoms with E-state index in [0.29, 0.717) is 23.9 Å². The fourth-order valence-electron chi connectivity index (χ4n) is 5.26. The highest BCUT2D eigenvalue weighted by Crippen LogP contribution is 2.47. The molecule has 24 heavy (non-hydrogen) atoms. The Morgan fingerprint density at radius 3 is 3.00 bits per heavy atom. The summed E-state index contributed by atoms with van der Waals surface area (Å²) in [5.74, 6) is 1.53. The van der Waals surface area contributed by atoms with Crippen molar-refractivity contribution in [3.63, 3.8) is 0 Å². The number of hydrogen-bond acceptors (Lipinski definition) is 3. The van der Waals surface area contributed by atoms with Crippen LogP contribution in [0, 0.1) is 11.8 Å². The Labute approximate surface area is 141 Å². The van der Waals surface area contributed by atoms with Crippen LogP contribution in [-0.2, 0) is 23.0 Å². The quantitative estimate of drug-likeness (QED) is 0.821. The molecular formula is C20H22N2O2. The van der Waals surface area contributed by atoms with Gasteiger partial charge in [0.25, 0.3) is 0 Å². The number of nitrogens with one attached hydrogen (secondary N) is 1.